The van der Waals surface area contributed by atoms with Gasteiger partial charge in [0.05, 0.1) is 12.5 Å². The van der Waals surface area contributed by atoms with Gasteiger partial charge in [-0.25, -0.2) is 0 Å². The topological polar surface area (TPSA) is 111 Å². The fraction of sp³-hybridized carbons (Fsp3) is 0.538. The van der Waals surface area contributed by atoms with Crippen LogP contribution in [0.25, 0.3) is 0 Å². The van der Waals surface area contributed by atoms with E-state index in [1.807, 2.05) is 4.90 Å². The van der Waals surface area contributed by atoms with E-state index in [2.05, 4.69) is 0 Å². The highest BCUT2D eigenvalue weighted by atomic mass is 16.4. The molecule has 1 atom stereocenters. The molecule has 1 saturated heterocycles. The van der Waals surface area contributed by atoms with E-state index < -0.39 is 29.7 Å². The second-order valence-corrected chi connectivity index (χ2v) is 4.92. The molecule has 1 aromatic rings. The lowest BCUT2D eigenvalue weighted by molar-refractivity contribution is -0.143. The number of piperidine rings is 1. The summed E-state index contributed by atoms with van der Waals surface area (Å²) in [6.45, 7) is 0.747. The minimum absolute atomic E-state index is 0.0626. The molecule has 0 amide bonds. The molecule has 0 aliphatic carbocycles. The largest absolute Gasteiger partial charge is 0.502 e. The van der Waals surface area contributed by atoms with E-state index in [1.165, 1.54) is 0 Å². The van der Waals surface area contributed by atoms with Gasteiger partial charge in [-0.05, 0) is 19.4 Å². The number of aliphatic hydroxyl groups excluding tert-OH is 1. The Morgan fingerprint density at radius 2 is 2.25 bits per heavy atom. The van der Waals surface area contributed by atoms with Crippen LogP contribution in [0.3, 0.4) is 0 Å². The summed E-state index contributed by atoms with van der Waals surface area (Å²) >= 11 is 0. The molecule has 2 heterocycles. The number of rotatable bonds is 4. The number of aliphatic carboxylic acids is 1. The Morgan fingerprint density at radius 3 is 2.90 bits per heavy atom. The Labute approximate surface area is 115 Å². The van der Waals surface area contributed by atoms with Gasteiger partial charge in [0.2, 0.25) is 11.2 Å². The number of aromatic hydroxyl groups is 1. The van der Waals surface area contributed by atoms with E-state index in [9.17, 15) is 14.7 Å². The quantitative estimate of drug-likeness (QED) is 0.720. The second kappa shape index (κ2) is 6.06. The van der Waals surface area contributed by atoms with Gasteiger partial charge in [-0.15, -0.1) is 0 Å². The zero-order valence-corrected chi connectivity index (χ0v) is 10.9. The Hall–Kier alpha value is -1.86. The van der Waals surface area contributed by atoms with Crippen LogP contribution >= 0.6 is 0 Å². The van der Waals surface area contributed by atoms with E-state index in [0.29, 0.717) is 19.5 Å². The van der Waals surface area contributed by atoms with Gasteiger partial charge in [0.15, 0.2) is 5.76 Å². The fourth-order valence-corrected chi connectivity index (χ4v) is 2.38. The van der Waals surface area contributed by atoms with Crippen molar-refractivity contribution in [3.8, 4) is 5.75 Å². The van der Waals surface area contributed by atoms with Crippen molar-refractivity contribution in [1.82, 2.24) is 4.90 Å². The molecular weight excluding hydrogens is 266 g/mol. The van der Waals surface area contributed by atoms with Gasteiger partial charge >= 0.3 is 5.97 Å². The third-order valence-electron chi connectivity index (χ3n) is 3.42. The molecule has 1 fully saturated rings. The molecule has 1 unspecified atom stereocenters. The number of carboxylic acids is 1. The third-order valence-corrected chi connectivity index (χ3v) is 3.42. The first-order valence-electron chi connectivity index (χ1n) is 6.42. The highest BCUT2D eigenvalue weighted by Crippen LogP contribution is 2.22. The van der Waals surface area contributed by atoms with Gasteiger partial charge in [0.25, 0.3) is 0 Å². The van der Waals surface area contributed by atoms with Crippen molar-refractivity contribution in [1.29, 1.82) is 0 Å². The van der Waals surface area contributed by atoms with E-state index in [4.69, 9.17) is 14.6 Å². The minimum Gasteiger partial charge on any atom is -0.502 e. The van der Waals surface area contributed by atoms with Crippen molar-refractivity contribution < 1.29 is 24.5 Å². The Morgan fingerprint density at radius 1 is 1.50 bits per heavy atom. The Bertz CT molecular complexity index is 552. The zero-order chi connectivity index (χ0) is 14.7. The number of carboxylic acid groups (broad SMARTS) is 1. The van der Waals surface area contributed by atoms with Gasteiger partial charge in [-0.1, -0.05) is 0 Å². The predicted molar refractivity (Wildman–Crippen MR) is 68.2 cm³/mol. The van der Waals surface area contributed by atoms with Gasteiger partial charge in [0, 0.05) is 12.6 Å². The van der Waals surface area contributed by atoms with Crippen molar-refractivity contribution in [3.05, 3.63) is 27.8 Å². The molecule has 7 nitrogen and oxygen atoms in total. The van der Waals surface area contributed by atoms with E-state index in [0.717, 1.165) is 12.5 Å². The molecule has 0 saturated carbocycles. The lowest BCUT2D eigenvalue weighted by Gasteiger charge is -2.30. The minimum atomic E-state index is -0.843. The summed E-state index contributed by atoms with van der Waals surface area (Å²) in [5.41, 5.74) is -0.609. The monoisotopic (exact) mass is 283 g/mol. The van der Waals surface area contributed by atoms with Crippen molar-refractivity contribution in [2.24, 2.45) is 5.92 Å². The van der Waals surface area contributed by atoms with Crippen LogP contribution in [0.15, 0.2) is 15.3 Å². The number of hydrogen-bond acceptors (Lipinski definition) is 6. The third kappa shape index (κ3) is 3.17. The summed E-state index contributed by atoms with van der Waals surface area (Å²) in [6.07, 6.45) is 1.36. The van der Waals surface area contributed by atoms with Crippen LogP contribution in [0.1, 0.15) is 24.4 Å². The van der Waals surface area contributed by atoms with Crippen LogP contribution in [0.2, 0.25) is 0 Å². The molecule has 0 spiro atoms. The lowest BCUT2D eigenvalue weighted by atomic mass is 9.98. The van der Waals surface area contributed by atoms with Crippen LogP contribution in [-0.2, 0) is 17.9 Å². The van der Waals surface area contributed by atoms with Gasteiger partial charge in [0.1, 0.15) is 12.4 Å². The van der Waals surface area contributed by atoms with Crippen molar-refractivity contribution in [2.75, 3.05) is 13.1 Å². The van der Waals surface area contributed by atoms with Crippen molar-refractivity contribution in [3.63, 3.8) is 0 Å². The van der Waals surface area contributed by atoms with Gasteiger partial charge in [-0.2, -0.15) is 0 Å². The molecule has 3 N–H and O–H groups in total. The highest BCUT2D eigenvalue weighted by molar-refractivity contribution is 5.70. The van der Waals surface area contributed by atoms with Crippen LogP contribution < -0.4 is 5.43 Å². The van der Waals surface area contributed by atoms with Crippen molar-refractivity contribution in [2.45, 2.75) is 26.0 Å². The standard InChI is InChI=1S/C13H17NO6/c15-7-9-4-10(16)12(17)11(20-9)6-14-3-1-2-8(5-14)13(18)19/h4,8,15,17H,1-3,5-7H2,(H,18,19). The summed E-state index contributed by atoms with van der Waals surface area (Å²) in [5, 5.41) is 27.7. The molecule has 20 heavy (non-hydrogen) atoms. The van der Waals surface area contributed by atoms with Crippen LogP contribution in [0.4, 0.5) is 0 Å². The molecule has 0 bridgehead atoms. The normalized spacial score (nSPS) is 19.9. The summed E-state index contributed by atoms with van der Waals surface area (Å²) in [5.74, 6) is -1.63. The molecule has 110 valence electrons. The Balaban J connectivity index is 2.15. The summed E-state index contributed by atoms with van der Waals surface area (Å²) in [7, 11) is 0. The van der Waals surface area contributed by atoms with E-state index in [-0.39, 0.29) is 18.1 Å². The van der Waals surface area contributed by atoms with Crippen LogP contribution in [0.5, 0.6) is 5.75 Å². The summed E-state index contributed by atoms with van der Waals surface area (Å²) in [6, 6.07) is 1.04. The fourth-order valence-electron chi connectivity index (χ4n) is 2.38. The van der Waals surface area contributed by atoms with Gasteiger partial charge in [-0.3, -0.25) is 14.5 Å². The number of nitrogens with zero attached hydrogens (tertiary/aromatic N) is 1. The molecule has 1 aromatic heterocycles. The maximum Gasteiger partial charge on any atom is 0.307 e. The number of carbonyl (C=O) groups is 1. The molecule has 1 aliphatic rings. The summed E-state index contributed by atoms with van der Waals surface area (Å²) in [4.78, 5) is 24.3. The number of likely N-dealkylation sites (tertiary alicyclic amines) is 1. The smallest absolute Gasteiger partial charge is 0.307 e. The SMILES string of the molecule is O=C(O)C1CCCN(Cc2oc(CO)cc(=O)c2O)C1. The van der Waals surface area contributed by atoms with Gasteiger partial charge < -0.3 is 19.7 Å². The van der Waals surface area contributed by atoms with Crippen LogP contribution in [0, 0.1) is 5.92 Å². The molecular formula is C13H17NO6. The van der Waals surface area contributed by atoms with Crippen molar-refractivity contribution >= 4 is 5.97 Å². The average Bonchev–Trinajstić information content (AvgIpc) is 2.43. The average molecular weight is 283 g/mol. The molecule has 1 aliphatic heterocycles. The number of hydrogen-bond donors (Lipinski definition) is 3. The lowest BCUT2D eigenvalue weighted by Crippen LogP contribution is -2.38. The maximum absolute atomic E-state index is 11.5. The molecule has 0 aromatic carbocycles. The van der Waals surface area contributed by atoms with E-state index >= 15 is 0 Å². The zero-order valence-electron chi connectivity index (χ0n) is 10.9. The molecule has 2 rings (SSSR count). The second-order valence-electron chi connectivity index (χ2n) is 4.92. The first-order valence-corrected chi connectivity index (χ1v) is 6.42. The van der Waals surface area contributed by atoms with Crippen LogP contribution in [-0.4, -0.2) is 39.3 Å². The maximum atomic E-state index is 11.5. The highest BCUT2D eigenvalue weighted by Gasteiger charge is 2.26. The summed E-state index contributed by atoms with van der Waals surface area (Å²) < 4.78 is 5.25. The Kier molecular flexibility index (Phi) is 4.41. The van der Waals surface area contributed by atoms with E-state index in [1.54, 1.807) is 0 Å². The molecule has 7 heteroatoms. The molecule has 0 radical (unpaired) electrons. The number of aliphatic hydroxyl groups is 1. The predicted octanol–water partition coefficient (Wildman–Crippen LogP) is 0.134. The first-order chi connectivity index (χ1) is 9.51. The first kappa shape index (κ1) is 14.5.